The predicted octanol–water partition coefficient (Wildman–Crippen LogP) is 0.761. The first kappa shape index (κ1) is 37.0. The molecule has 4 rings (SSSR count). The van der Waals surface area contributed by atoms with Crippen LogP contribution in [0.2, 0.25) is 0 Å². The Morgan fingerprint density at radius 3 is 2.37 bits per heavy atom. The zero-order valence-corrected chi connectivity index (χ0v) is 26.6. The lowest BCUT2D eigenvalue weighted by Gasteiger charge is -2.46. The zero-order valence-electron chi connectivity index (χ0n) is 26.6. The number of carbonyl (C=O) groups excluding carboxylic acids is 2. The van der Waals surface area contributed by atoms with Gasteiger partial charge in [0, 0.05) is 19.4 Å². The molecule has 0 radical (unpaired) electrons. The Morgan fingerprint density at radius 2 is 1.69 bits per heavy atom. The summed E-state index contributed by atoms with van der Waals surface area (Å²) in [5, 5.41) is 57.4. The highest BCUT2D eigenvalue weighted by Gasteiger charge is 2.55. The Kier molecular flexibility index (Phi) is 13.3. The van der Waals surface area contributed by atoms with Crippen LogP contribution in [-0.2, 0) is 36.9 Å². The lowest BCUT2D eigenvalue weighted by molar-refractivity contribution is -0.314. The molecule has 1 heterocycles. The number of rotatable bonds is 16. The average molecular weight is 677 g/mol. The van der Waals surface area contributed by atoms with Gasteiger partial charge in [-0.05, 0) is 34.4 Å². The molecule has 13 heteroatoms. The fraction of sp³-hybridized carbons (Fsp3) is 0.361. The Balaban J connectivity index is 1.43. The molecule has 0 aromatic heterocycles. The van der Waals surface area contributed by atoms with Crippen LogP contribution in [0.5, 0.6) is 5.75 Å². The second-order valence-electron chi connectivity index (χ2n) is 11.5. The van der Waals surface area contributed by atoms with Gasteiger partial charge in [-0.2, -0.15) is 0 Å². The van der Waals surface area contributed by atoms with Crippen molar-refractivity contribution in [2.45, 2.75) is 62.1 Å². The number of carboxylic acids is 1. The molecule has 3 aromatic carbocycles. The Bertz CT molecular complexity index is 1590. The number of benzene rings is 3. The number of terminal acetylenes is 1. The van der Waals surface area contributed by atoms with E-state index in [0.717, 1.165) is 11.1 Å². The predicted molar refractivity (Wildman–Crippen MR) is 176 cm³/mol. The maximum absolute atomic E-state index is 12.7. The second-order valence-corrected chi connectivity index (χ2v) is 11.5. The van der Waals surface area contributed by atoms with Gasteiger partial charge < -0.3 is 50.4 Å². The highest BCUT2D eigenvalue weighted by atomic mass is 16.7. The summed E-state index contributed by atoms with van der Waals surface area (Å²) < 4.78 is 17.1. The fourth-order valence-corrected chi connectivity index (χ4v) is 5.35. The minimum absolute atomic E-state index is 0.0299. The molecular formula is C36H40N2O11. The molecule has 13 nitrogen and oxygen atoms in total. The topological polar surface area (TPSA) is 204 Å². The van der Waals surface area contributed by atoms with Crippen molar-refractivity contribution < 1.29 is 54.1 Å². The van der Waals surface area contributed by atoms with E-state index in [-0.39, 0.29) is 19.6 Å². The van der Waals surface area contributed by atoms with Crippen LogP contribution in [0.1, 0.15) is 24.0 Å². The van der Waals surface area contributed by atoms with E-state index >= 15 is 0 Å². The van der Waals surface area contributed by atoms with Crippen molar-refractivity contribution in [3.63, 3.8) is 0 Å². The summed E-state index contributed by atoms with van der Waals surface area (Å²) >= 11 is 0. The van der Waals surface area contributed by atoms with Crippen LogP contribution in [0.3, 0.4) is 0 Å². The summed E-state index contributed by atoms with van der Waals surface area (Å²) in [6, 6.07) is 22.2. The molecule has 6 atom stereocenters. The van der Waals surface area contributed by atoms with Crippen LogP contribution in [0, 0.1) is 12.3 Å². The van der Waals surface area contributed by atoms with E-state index in [0.29, 0.717) is 23.3 Å². The molecular weight excluding hydrogens is 636 g/mol. The lowest BCUT2D eigenvalue weighted by Crippen LogP contribution is -2.68. The Hall–Kier alpha value is -4.81. The van der Waals surface area contributed by atoms with Crippen LogP contribution in [-0.4, -0.2) is 99.3 Å². The van der Waals surface area contributed by atoms with Crippen LogP contribution in [0.25, 0.3) is 11.1 Å². The molecule has 0 unspecified atom stereocenters. The van der Waals surface area contributed by atoms with Crippen molar-refractivity contribution in [3.05, 3.63) is 90.0 Å². The van der Waals surface area contributed by atoms with Gasteiger partial charge in [0.05, 0.1) is 37.9 Å². The first-order valence-electron chi connectivity index (χ1n) is 15.6. The van der Waals surface area contributed by atoms with Gasteiger partial charge in [-0.1, -0.05) is 66.7 Å². The van der Waals surface area contributed by atoms with Gasteiger partial charge in [0.25, 0.3) is 5.79 Å². The maximum atomic E-state index is 12.7. The van der Waals surface area contributed by atoms with Gasteiger partial charge in [-0.25, -0.2) is 4.79 Å². The molecule has 1 aliphatic rings. The number of aliphatic hydroxyl groups excluding tert-OH is 4. The average Bonchev–Trinajstić information content (AvgIpc) is 3.11. The molecule has 0 aliphatic carbocycles. The van der Waals surface area contributed by atoms with Gasteiger partial charge in [-0.15, -0.1) is 12.3 Å². The van der Waals surface area contributed by atoms with Gasteiger partial charge in [0.15, 0.2) is 0 Å². The number of hydrogen-bond donors (Lipinski definition) is 7. The van der Waals surface area contributed by atoms with Crippen molar-refractivity contribution in [2.75, 3.05) is 19.8 Å². The van der Waals surface area contributed by atoms with Gasteiger partial charge in [0.1, 0.15) is 24.6 Å². The third-order valence-electron chi connectivity index (χ3n) is 7.92. The molecule has 2 amide bonds. The highest BCUT2D eigenvalue weighted by Crippen LogP contribution is 2.34. The molecule has 49 heavy (non-hydrogen) atoms. The van der Waals surface area contributed by atoms with Crippen LogP contribution >= 0.6 is 0 Å². The normalized spacial score (nSPS) is 21.5. The molecule has 3 aromatic rings. The van der Waals surface area contributed by atoms with Crippen molar-refractivity contribution in [3.8, 4) is 29.2 Å². The highest BCUT2D eigenvalue weighted by molar-refractivity contribution is 5.79. The van der Waals surface area contributed by atoms with Crippen LogP contribution in [0.15, 0.2) is 78.9 Å². The number of aliphatic hydroxyl groups is 4. The third kappa shape index (κ3) is 10.1. The monoisotopic (exact) mass is 676 g/mol. The van der Waals surface area contributed by atoms with Crippen molar-refractivity contribution in [1.29, 1.82) is 0 Å². The third-order valence-corrected chi connectivity index (χ3v) is 7.92. The van der Waals surface area contributed by atoms with Crippen LogP contribution < -0.4 is 15.4 Å². The maximum Gasteiger partial charge on any atom is 0.364 e. The van der Waals surface area contributed by atoms with E-state index in [9.17, 15) is 39.9 Å². The number of amides is 2. The van der Waals surface area contributed by atoms with E-state index in [2.05, 4.69) is 16.6 Å². The van der Waals surface area contributed by atoms with Gasteiger partial charge >= 0.3 is 5.97 Å². The first-order valence-corrected chi connectivity index (χ1v) is 15.6. The summed E-state index contributed by atoms with van der Waals surface area (Å²) in [6.45, 7) is -1.52. The molecule has 0 saturated carbocycles. The SMILES string of the molecule is C#CCCOc1cccc(CO[C@]2(C(=O)O)C[C@H](O)[C@@H](NC(=O)CO)[C@H]([C@H](O)[C@H](O)CNC(=O)Cc3ccc(-c4ccccc4)cc3)O2)c1. The standard InChI is InChI=1S/C36H40N2O11/c1-2-3-16-47-27-11-7-8-24(17-27)22-48-36(35(45)46)19-28(40)32(38-31(43)21-39)34(49-36)33(44)29(41)20-37-30(42)18-23-12-14-26(15-13-23)25-9-5-4-6-10-25/h1,4-15,17,28-29,32-34,39-41,44H,3,16,18-22H2,(H,37,42)(H,38,43)(H,45,46)/t28-,29+,32+,33+,34+,36+/m0/s1. The van der Waals surface area contributed by atoms with Crippen molar-refractivity contribution in [1.82, 2.24) is 10.6 Å². The first-order chi connectivity index (χ1) is 23.5. The number of hydrogen-bond acceptors (Lipinski definition) is 10. The number of carboxylic acid groups (broad SMARTS) is 1. The molecule has 1 aliphatic heterocycles. The molecule has 1 saturated heterocycles. The summed E-state index contributed by atoms with van der Waals surface area (Å²) in [6.07, 6.45) is -2.19. The zero-order chi connectivity index (χ0) is 35.4. The van der Waals surface area contributed by atoms with Crippen molar-refractivity contribution >= 4 is 17.8 Å². The number of aliphatic carboxylic acids is 1. The van der Waals surface area contributed by atoms with Crippen LogP contribution in [0.4, 0.5) is 0 Å². The molecule has 7 N–H and O–H groups in total. The fourth-order valence-electron chi connectivity index (χ4n) is 5.35. The summed E-state index contributed by atoms with van der Waals surface area (Å²) in [7, 11) is 0. The van der Waals surface area contributed by atoms with E-state index < -0.39 is 73.6 Å². The van der Waals surface area contributed by atoms with Crippen molar-refractivity contribution in [2.24, 2.45) is 0 Å². The number of nitrogens with one attached hydrogen (secondary N) is 2. The minimum atomic E-state index is -2.53. The Morgan fingerprint density at radius 1 is 0.980 bits per heavy atom. The quantitative estimate of drug-likeness (QED) is 0.0834. The molecule has 1 fully saturated rings. The van der Waals surface area contributed by atoms with E-state index in [1.807, 2.05) is 42.5 Å². The number of ether oxygens (including phenoxy) is 3. The minimum Gasteiger partial charge on any atom is -0.493 e. The van der Waals surface area contributed by atoms with Gasteiger partial charge in [-0.3, -0.25) is 9.59 Å². The number of carbonyl (C=O) groups is 3. The Labute approximate surface area is 283 Å². The summed E-state index contributed by atoms with van der Waals surface area (Å²) in [5.74, 6) is -2.67. The van der Waals surface area contributed by atoms with E-state index in [1.165, 1.54) is 0 Å². The second kappa shape index (κ2) is 17.5. The lowest BCUT2D eigenvalue weighted by atomic mass is 9.88. The molecule has 0 bridgehead atoms. The largest absolute Gasteiger partial charge is 0.493 e. The summed E-state index contributed by atoms with van der Waals surface area (Å²) in [4.78, 5) is 37.4. The van der Waals surface area contributed by atoms with Gasteiger partial charge in [0.2, 0.25) is 11.8 Å². The summed E-state index contributed by atoms with van der Waals surface area (Å²) in [5.41, 5.74) is 3.18. The smallest absolute Gasteiger partial charge is 0.364 e. The van der Waals surface area contributed by atoms with E-state index in [1.54, 1.807) is 36.4 Å². The molecule has 0 spiro atoms. The van der Waals surface area contributed by atoms with E-state index in [4.69, 9.17) is 20.6 Å². The molecule has 260 valence electrons.